The number of benzene rings is 2. The highest BCUT2D eigenvalue weighted by Gasteiger charge is 2.20. The molecule has 2 rings (SSSR count). The van der Waals surface area contributed by atoms with Crippen LogP contribution in [0.3, 0.4) is 0 Å². The molecule has 0 spiro atoms. The molecule has 2 aromatic carbocycles. The lowest BCUT2D eigenvalue weighted by Crippen LogP contribution is -2.09. The smallest absolute Gasteiger partial charge is 0.195 e. The van der Waals surface area contributed by atoms with Gasteiger partial charge in [0.15, 0.2) is 23.2 Å². The van der Waals surface area contributed by atoms with Gasteiger partial charge in [0.05, 0.1) is 12.7 Å². The fraction of sp³-hybridized carbons (Fsp3) is 0.133. The van der Waals surface area contributed by atoms with Crippen molar-refractivity contribution in [2.75, 3.05) is 7.11 Å². The molecule has 6 heteroatoms. The first-order valence-electron chi connectivity index (χ1n) is 5.93. The fourth-order valence-corrected chi connectivity index (χ4v) is 2.30. The van der Waals surface area contributed by atoms with Crippen LogP contribution in [0.4, 0.5) is 13.2 Å². The highest BCUT2D eigenvalue weighted by atomic mass is 79.9. The predicted molar refractivity (Wildman–Crippen MR) is 75.0 cm³/mol. The molecular formula is C15H10BrF3O2. The number of Topliss-reactive ketones (excluding diaryl/α,β-unsaturated/α-hetero) is 1. The van der Waals surface area contributed by atoms with Gasteiger partial charge in [-0.1, -0.05) is 15.9 Å². The molecule has 0 heterocycles. The summed E-state index contributed by atoms with van der Waals surface area (Å²) in [4.78, 5) is 12.1. The maximum atomic E-state index is 13.6. The zero-order chi connectivity index (χ0) is 15.6. The van der Waals surface area contributed by atoms with E-state index in [2.05, 4.69) is 15.9 Å². The van der Waals surface area contributed by atoms with Gasteiger partial charge < -0.3 is 4.74 Å². The van der Waals surface area contributed by atoms with Crippen LogP contribution in [-0.2, 0) is 6.42 Å². The summed E-state index contributed by atoms with van der Waals surface area (Å²) < 4.78 is 45.5. The van der Waals surface area contributed by atoms with Gasteiger partial charge in [-0.05, 0) is 30.3 Å². The summed E-state index contributed by atoms with van der Waals surface area (Å²) in [6.07, 6.45) is -0.190. The molecule has 0 atom stereocenters. The number of methoxy groups -OCH3 is 1. The Morgan fingerprint density at radius 1 is 1.14 bits per heavy atom. The molecule has 0 aromatic heterocycles. The van der Waals surface area contributed by atoms with Crippen molar-refractivity contribution >= 4 is 21.7 Å². The third-order valence-electron chi connectivity index (χ3n) is 2.93. The Morgan fingerprint density at radius 2 is 1.86 bits per heavy atom. The number of carbonyl (C=O) groups is 1. The zero-order valence-corrected chi connectivity index (χ0v) is 12.5. The largest absolute Gasteiger partial charge is 0.496 e. The van der Waals surface area contributed by atoms with E-state index in [1.807, 2.05) is 0 Å². The van der Waals surface area contributed by atoms with Crippen molar-refractivity contribution in [3.05, 3.63) is 63.4 Å². The van der Waals surface area contributed by atoms with Gasteiger partial charge in [-0.15, -0.1) is 0 Å². The summed E-state index contributed by atoms with van der Waals surface area (Å²) in [5.41, 5.74) is 0.0249. The van der Waals surface area contributed by atoms with Gasteiger partial charge in [0, 0.05) is 16.5 Å². The molecule has 0 N–H and O–H groups in total. The highest BCUT2D eigenvalue weighted by molar-refractivity contribution is 9.10. The second-order valence-electron chi connectivity index (χ2n) is 4.28. The Bertz CT molecular complexity index is 702. The monoisotopic (exact) mass is 358 g/mol. The van der Waals surface area contributed by atoms with Crippen LogP contribution in [0, 0.1) is 17.5 Å². The van der Waals surface area contributed by atoms with Gasteiger partial charge in [-0.3, -0.25) is 4.79 Å². The van der Waals surface area contributed by atoms with Crippen LogP contribution in [0.15, 0.2) is 34.8 Å². The molecule has 0 bridgehead atoms. The van der Waals surface area contributed by atoms with Crippen LogP contribution >= 0.6 is 15.9 Å². The van der Waals surface area contributed by atoms with E-state index >= 15 is 0 Å². The second kappa shape index (κ2) is 6.30. The first-order chi connectivity index (χ1) is 9.93. The van der Waals surface area contributed by atoms with E-state index in [4.69, 9.17) is 4.74 Å². The first-order valence-corrected chi connectivity index (χ1v) is 6.72. The van der Waals surface area contributed by atoms with Gasteiger partial charge >= 0.3 is 0 Å². The molecule has 21 heavy (non-hydrogen) atoms. The lowest BCUT2D eigenvalue weighted by molar-refractivity contribution is 0.0987. The summed E-state index contributed by atoms with van der Waals surface area (Å²) in [7, 11) is 1.44. The van der Waals surface area contributed by atoms with Crippen molar-refractivity contribution in [3.63, 3.8) is 0 Å². The number of halogens is 4. The third kappa shape index (κ3) is 3.26. The Balaban J connectivity index is 2.35. The molecule has 0 aliphatic carbocycles. The molecule has 2 nitrogen and oxygen atoms in total. The zero-order valence-electron chi connectivity index (χ0n) is 10.9. The summed E-state index contributed by atoms with van der Waals surface area (Å²) in [6, 6.07) is 6.68. The minimum atomic E-state index is -1.65. The van der Waals surface area contributed by atoms with Gasteiger partial charge in [0.2, 0.25) is 0 Å². The molecule has 0 amide bonds. The van der Waals surface area contributed by atoms with Crippen molar-refractivity contribution in [1.82, 2.24) is 0 Å². The Hall–Kier alpha value is -1.82. The van der Waals surface area contributed by atoms with E-state index in [9.17, 15) is 18.0 Å². The first kappa shape index (κ1) is 15.6. The molecule has 110 valence electrons. The Kier molecular flexibility index (Phi) is 4.67. The Labute approximate surface area is 127 Å². The van der Waals surface area contributed by atoms with Crippen LogP contribution in [0.2, 0.25) is 0 Å². The van der Waals surface area contributed by atoms with E-state index in [0.29, 0.717) is 11.3 Å². The molecule has 0 aliphatic heterocycles. The molecular weight excluding hydrogens is 349 g/mol. The number of ketones is 1. The average Bonchev–Trinajstić information content (AvgIpc) is 2.45. The van der Waals surface area contributed by atoms with Crippen molar-refractivity contribution < 1.29 is 22.7 Å². The lowest BCUT2D eigenvalue weighted by atomic mass is 10.0. The number of hydrogen-bond donors (Lipinski definition) is 0. The minimum absolute atomic E-state index is 0.190. The van der Waals surface area contributed by atoms with E-state index in [1.54, 1.807) is 18.2 Å². The average molecular weight is 359 g/mol. The normalized spacial score (nSPS) is 10.5. The standard InChI is InChI=1S/C15H10BrF3O2/c1-21-13-5-2-9(16)6-8(13)7-12(20)10-3-4-11(17)15(19)14(10)18/h2-6H,7H2,1H3. The topological polar surface area (TPSA) is 26.3 Å². The quantitative estimate of drug-likeness (QED) is 0.601. The van der Waals surface area contributed by atoms with E-state index in [0.717, 1.165) is 16.6 Å². The number of rotatable bonds is 4. The highest BCUT2D eigenvalue weighted by Crippen LogP contribution is 2.25. The van der Waals surface area contributed by atoms with E-state index in [-0.39, 0.29) is 6.42 Å². The predicted octanol–water partition coefficient (Wildman–Crippen LogP) is 4.30. The SMILES string of the molecule is COc1ccc(Br)cc1CC(=O)c1ccc(F)c(F)c1F. The van der Waals surface area contributed by atoms with Gasteiger partial charge in [-0.2, -0.15) is 0 Å². The van der Waals surface area contributed by atoms with Crippen molar-refractivity contribution in [1.29, 1.82) is 0 Å². The van der Waals surface area contributed by atoms with Crippen LogP contribution in [0.5, 0.6) is 5.75 Å². The molecule has 0 radical (unpaired) electrons. The van der Waals surface area contributed by atoms with E-state index in [1.165, 1.54) is 7.11 Å². The van der Waals surface area contributed by atoms with Gasteiger partial charge in [0.25, 0.3) is 0 Å². The van der Waals surface area contributed by atoms with Crippen LogP contribution < -0.4 is 4.74 Å². The molecule has 0 unspecified atom stereocenters. The second-order valence-corrected chi connectivity index (χ2v) is 5.19. The Morgan fingerprint density at radius 3 is 2.52 bits per heavy atom. The molecule has 0 saturated carbocycles. The van der Waals surface area contributed by atoms with Crippen molar-refractivity contribution in [2.24, 2.45) is 0 Å². The molecule has 0 fully saturated rings. The summed E-state index contributed by atoms with van der Waals surface area (Å²) >= 11 is 3.26. The summed E-state index contributed by atoms with van der Waals surface area (Å²) in [5, 5.41) is 0. The maximum Gasteiger partial charge on any atom is 0.195 e. The van der Waals surface area contributed by atoms with Gasteiger partial charge in [0.1, 0.15) is 5.75 Å². The van der Waals surface area contributed by atoms with Crippen LogP contribution in [0.1, 0.15) is 15.9 Å². The number of ether oxygens (including phenoxy) is 1. The summed E-state index contributed by atoms with van der Waals surface area (Å²) in [5.74, 6) is -4.67. The molecule has 2 aromatic rings. The third-order valence-corrected chi connectivity index (χ3v) is 3.42. The number of carbonyl (C=O) groups excluding carboxylic acids is 1. The van der Waals surface area contributed by atoms with Crippen molar-refractivity contribution in [2.45, 2.75) is 6.42 Å². The fourth-order valence-electron chi connectivity index (χ4n) is 1.89. The minimum Gasteiger partial charge on any atom is -0.496 e. The number of hydrogen-bond acceptors (Lipinski definition) is 2. The summed E-state index contributed by atoms with van der Waals surface area (Å²) in [6.45, 7) is 0. The maximum absolute atomic E-state index is 13.6. The molecule has 0 saturated heterocycles. The van der Waals surface area contributed by atoms with Gasteiger partial charge in [-0.25, -0.2) is 13.2 Å². The van der Waals surface area contributed by atoms with Crippen LogP contribution in [0.25, 0.3) is 0 Å². The lowest BCUT2D eigenvalue weighted by Gasteiger charge is -2.09. The van der Waals surface area contributed by atoms with E-state index < -0.39 is 28.8 Å². The van der Waals surface area contributed by atoms with Crippen LogP contribution in [-0.4, -0.2) is 12.9 Å². The van der Waals surface area contributed by atoms with Crippen molar-refractivity contribution in [3.8, 4) is 5.75 Å². The molecule has 0 aliphatic rings.